The number of carbonyl (C=O) groups excluding carboxylic acids is 2. The van der Waals surface area contributed by atoms with Gasteiger partial charge in [-0.25, -0.2) is 0 Å². The SMILES string of the molecule is CC(CN)C(=O)NC1CCN(c2cccc(Cl)c2)C1=O.Cl. The van der Waals surface area contributed by atoms with Crippen molar-refractivity contribution >= 4 is 41.5 Å². The first-order valence-electron chi connectivity index (χ1n) is 6.60. The van der Waals surface area contributed by atoms with E-state index in [9.17, 15) is 9.59 Å². The van der Waals surface area contributed by atoms with Crippen LogP contribution in [0.25, 0.3) is 0 Å². The highest BCUT2D eigenvalue weighted by Crippen LogP contribution is 2.24. The molecule has 0 spiro atoms. The highest BCUT2D eigenvalue weighted by molar-refractivity contribution is 6.31. The molecule has 1 aromatic carbocycles. The van der Waals surface area contributed by atoms with Crippen LogP contribution in [0.5, 0.6) is 0 Å². The largest absolute Gasteiger partial charge is 0.344 e. The van der Waals surface area contributed by atoms with E-state index >= 15 is 0 Å². The van der Waals surface area contributed by atoms with Gasteiger partial charge in [-0.15, -0.1) is 12.4 Å². The summed E-state index contributed by atoms with van der Waals surface area (Å²) in [7, 11) is 0. The number of nitrogens with one attached hydrogen (secondary N) is 1. The number of rotatable bonds is 4. The lowest BCUT2D eigenvalue weighted by molar-refractivity contribution is -0.128. The van der Waals surface area contributed by atoms with Crippen molar-refractivity contribution in [2.75, 3.05) is 18.0 Å². The monoisotopic (exact) mass is 331 g/mol. The maximum atomic E-state index is 12.3. The molecule has 3 N–H and O–H groups in total. The zero-order chi connectivity index (χ0) is 14.7. The highest BCUT2D eigenvalue weighted by atomic mass is 35.5. The van der Waals surface area contributed by atoms with E-state index in [2.05, 4.69) is 5.32 Å². The van der Waals surface area contributed by atoms with Gasteiger partial charge in [0.15, 0.2) is 0 Å². The van der Waals surface area contributed by atoms with Gasteiger partial charge in [-0.1, -0.05) is 24.6 Å². The molecule has 2 atom stereocenters. The molecular weight excluding hydrogens is 313 g/mol. The smallest absolute Gasteiger partial charge is 0.249 e. The van der Waals surface area contributed by atoms with Crippen LogP contribution in [0, 0.1) is 5.92 Å². The minimum absolute atomic E-state index is 0. The van der Waals surface area contributed by atoms with E-state index in [0.29, 0.717) is 18.0 Å². The van der Waals surface area contributed by atoms with Gasteiger partial charge in [0.25, 0.3) is 0 Å². The molecule has 21 heavy (non-hydrogen) atoms. The van der Waals surface area contributed by atoms with Crippen LogP contribution in [0.15, 0.2) is 24.3 Å². The van der Waals surface area contributed by atoms with E-state index in [1.165, 1.54) is 0 Å². The van der Waals surface area contributed by atoms with Crippen LogP contribution in [0.3, 0.4) is 0 Å². The van der Waals surface area contributed by atoms with Crippen LogP contribution >= 0.6 is 24.0 Å². The van der Waals surface area contributed by atoms with Gasteiger partial charge in [-0.3, -0.25) is 9.59 Å². The Hall–Kier alpha value is -1.30. The number of hydrogen-bond donors (Lipinski definition) is 2. The van der Waals surface area contributed by atoms with Gasteiger partial charge in [-0.05, 0) is 24.6 Å². The molecule has 7 heteroatoms. The minimum Gasteiger partial charge on any atom is -0.344 e. The Morgan fingerprint density at radius 2 is 2.29 bits per heavy atom. The van der Waals surface area contributed by atoms with E-state index in [-0.39, 0.29) is 36.7 Å². The molecule has 0 aromatic heterocycles. The topological polar surface area (TPSA) is 75.4 Å². The van der Waals surface area contributed by atoms with Crippen molar-refractivity contribution in [2.45, 2.75) is 19.4 Å². The number of carbonyl (C=O) groups is 2. The molecule has 1 aromatic rings. The average Bonchev–Trinajstić information content (AvgIpc) is 2.79. The van der Waals surface area contributed by atoms with Crippen LogP contribution in [0.4, 0.5) is 5.69 Å². The maximum Gasteiger partial charge on any atom is 0.249 e. The number of amides is 2. The van der Waals surface area contributed by atoms with Crippen LogP contribution in [0.2, 0.25) is 5.02 Å². The molecule has 5 nitrogen and oxygen atoms in total. The summed E-state index contributed by atoms with van der Waals surface area (Å²) >= 11 is 5.93. The summed E-state index contributed by atoms with van der Waals surface area (Å²) in [4.78, 5) is 25.7. The highest BCUT2D eigenvalue weighted by Gasteiger charge is 2.34. The van der Waals surface area contributed by atoms with Crippen molar-refractivity contribution in [3.63, 3.8) is 0 Å². The summed E-state index contributed by atoms with van der Waals surface area (Å²) in [6.45, 7) is 2.58. The summed E-state index contributed by atoms with van der Waals surface area (Å²) in [5.41, 5.74) is 6.20. The van der Waals surface area contributed by atoms with E-state index in [1.807, 2.05) is 6.07 Å². The minimum atomic E-state index is -0.476. The third kappa shape index (κ3) is 4.09. The Bertz CT molecular complexity index is 525. The van der Waals surface area contributed by atoms with E-state index in [1.54, 1.807) is 30.0 Å². The summed E-state index contributed by atoms with van der Waals surface area (Å²) in [5.74, 6) is -0.577. The van der Waals surface area contributed by atoms with Gasteiger partial charge in [0.1, 0.15) is 6.04 Å². The maximum absolute atomic E-state index is 12.3. The normalized spacial score (nSPS) is 19.1. The molecular formula is C14H19Cl2N3O2. The Balaban J connectivity index is 0.00000220. The molecule has 0 radical (unpaired) electrons. The number of nitrogens with zero attached hydrogens (tertiary/aromatic N) is 1. The third-order valence-corrected chi connectivity index (χ3v) is 3.68. The van der Waals surface area contributed by atoms with Gasteiger partial charge < -0.3 is 16.0 Å². The zero-order valence-corrected chi connectivity index (χ0v) is 13.3. The van der Waals surface area contributed by atoms with Gasteiger partial charge in [0.2, 0.25) is 11.8 Å². The van der Waals surface area contributed by atoms with E-state index in [0.717, 1.165) is 5.69 Å². The fraction of sp³-hybridized carbons (Fsp3) is 0.429. The van der Waals surface area contributed by atoms with Crippen molar-refractivity contribution < 1.29 is 9.59 Å². The standard InChI is InChI=1S/C14H18ClN3O2.ClH/c1-9(8-16)13(19)17-12-5-6-18(14(12)20)11-4-2-3-10(15)7-11;/h2-4,7,9,12H,5-6,8,16H2,1H3,(H,17,19);1H. The lowest BCUT2D eigenvalue weighted by Crippen LogP contribution is -2.44. The first-order valence-corrected chi connectivity index (χ1v) is 6.98. The summed E-state index contributed by atoms with van der Waals surface area (Å²) in [6, 6.07) is 6.65. The molecule has 1 aliphatic rings. The van der Waals surface area contributed by atoms with Crippen molar-refractivity contribution in [2.24, 2.45) is 11.7 Å². The number of anilines is 1. The Morgan fingerprint density at radius 1 is 1.57 bits per heavy atom. The fourth-order valence-corrected chi connectivity index (χ4v) is 2.32. The Kier molecular flexibility index (Phi) is 6.45. The molecule has 1 fully saturated rings. The first-order chi connectivity index (χ1) is 9.52. The molecule has 1 aliphatic heterocycles. The number of hydrogen-bond acceptors (Lipinski definition) is 3. The van der Waals surface area contributed by atoms with Gasteiger partial charge >= 0.3 is 0 Å². The third-order valence-electron chi connectivity index (χ3n) is 3.44. The second-order valence-corrected chi connectivity index (χ2v) is 5.39. The predicted molar refractivity (Wildman–Crippen MR) is 85.8 cm³/mol. The van der Waals surface area contributed by atoms with Crippen LogP contribution in [-0.4, -0.2) is 30.9 Å². The summed E-state index contributed by atoms with van der Waals surface area (Å²) < 4.78 is 0. The lowest BCUT2D eigenvalue weighted by Gasteiger charge is -2.18. The van der Waals surface area contributed by atoms with Gasteiger partial charge in [0, 0.05) is 29.7 Å². The lowest BCUT2D eigenvalue weighted by atomic mass is 10.1. The van der Waals surface area contributed by atoms with Crippen molar-refractivity contribution in [3.05, 3.63) is 29.3 Å². The average molecular weight is 332 g/mol. The van der Waals surface area contributed by atoms with Crippen LogP contribution in [-0.2, 0) is 9.59 Å². The van der Waals surface area contributed by atoms with E-state index in [4.69, 9.17) is 17.3 Å². The Labute approximate surface area is 135 Å². The van der Waals surface area contributed by atoms with Crippen LogP contribution in [0.1, 0.15) is 13.3 Å². The van der Waals surface area contributed by atoms with Crippen molar-refractivity contribution in [1.29, 1.82) is 0 Å². The second-order valence-electron chi connectivity index (χ2n) is 4.96. The molecule has 2 rings (SSSR count). The van der Waals surface area contributed by atoms with E-state index < -0.39 is 6.04 Å². The molecule has 116 valence electrons. The quantitative estimate of drug-likeness (QED) is 0.879. The molecule has 0 aliphatic carbocycles. The molecule has 0 bridgehead atoms. The molecule has 2 amide bonds. The van der Waals surface area contributed by atoms with Crippen molar-refractivity contribution in [1.82, 2.24) is 5.32 Å². The molecule has 1 heterocycles. The van der Waals surface area contributed by atoms with Crippen LogP contribution < -0.4 is 16.0 Å². The molecule has 2 unspecified atom stereocenters. The Morgan fingerprint density at radius 3 is 2.90 bits per heavy atom. The number of halogens is 2. The predicted octanol–water partition coefficient (Wildman–Crippen LogP) is 1.58. The molecule has 1 saturated heterocycles. The van der Waals surface area contributed by atoms with Gasteiger partial charge in [0.05, 0.1) is 0 Å². The van der Waals surface area contributed by atoms with Gasteiger partial charge in [-0.2, -0.15) is 0 Å². The number of benzene rings is 1. The zero-order valence-electron chi connectivity index (χ0n) is 11.7. The van der Waals surface area contributed by atoms with Crippen molar-refractivity contribution in [3.8, 4) is 0 Å². The first kappa shape index (κ1) is 17.8. The summed E-state index contributed by atoms with van der Waals surface area (Å²) in [5, 5.41) is 3.33. The fourth-order valence-electron chi connectivity index (χ4n) is 2.14. The summed E-state index contributed by atoms with van der Waals surface area (Å²) in [6.07, 6.45) is 0.592. The number of nitrogens with two attached hydrogens (primary N) is 1. The second kappa shape index (κ2) is 7.64. The molecule has 0 saturated carbocycles.